The molecule has 0 saturated heterocycles. The van der Waals surface area contributed by atoms with E-state index in [-0.39, 0.29) is 23.5 Å². The van der Waals surface area contributed by atoms with Crippen LogP contribution in [0.1, 0.15) is 34.2 Å². The molecule has 1 unspecified atom stereocenters. The molecule has 6 heteroatoms. The van der Waals surface area contributed by atoms with Crippen LogP contribution in [-0.2, 0) is 0 Å². The van der Waals surface area contributed by atoms with E-state index in [0.29, 0.717) is 0 Å². The summed E-state index contributed by atoms with van der Waals surface area (Å²) in [4.78, 5) is 21.3. The number of amides is 1. The third kappa shape index (κ3) is 3.05. The highest BCUT2D eigenvalue weighted by molar-refractivity contribution is 7.99. The van der Waals surface area contributed by atoms with Gasteiger partial charge in [-0.2, -0.15) is 0 Å². The molecule has 0 spiro atoms. The molecule has 1 atom stereocenters. The van der Waals surface area contributed by atoms with Crippen molar-refractivity contribution < 1.29 is 9.18 Å². The van der Waals surface area contributed by atoms with Gasteiger partial charge >= 0.3 is 0 Å². The van der Waals surface area contributed by atoms with Gasteiger partial charge in [-0.15, -0.1) is 11.8 Å². The Morgan fingerprint density at radius 1 is 1.38 bits per heavy atom. The first-order chi connectivity index (χ1) is 10.1. The third-order valence-corrected chi connectivity index (χ3v) is 4.45. The Balaban J connectivity index is 1.81. The van der Waals surface area contributed by atoms with Crippen LogP contribution in [0.3, 0.4) is 0 Å². The van der Waals surface area contributed by atoms with Crippen molar-refractivity contribution >= 4 is 17.7 Å². The number of nitrogens with zero attached hydrogens (tertiary/aromatic N) is 2. The van der Waals surface area contributed by atoms with E-state index in [1.165, 1.54) is 18.3 Å². The Hall–Kier alpha value is -1.95. The summed E-state index contributed by atoms with van der Waals surface area (Å²) in [6, 6.07) is 4.52. The van der Waals surface area contributed by atoms with Gasteiger partial charge in [0.25, 0.3) is 5.91 Å². The number of carbonyl (C=O) groups is 1. The molecule has 0 aliphatic carbocycles. The van der Waals surface area contributed by atoms with E-state index in [1.807, 2.05) is 6.92 Å². The molecule has 0 fully saturated rings. The summed E-state index contributed by atoms with van der Waals surface area (Å²) in [5.74, 6) is 0.323. The number of halogens is 1. The molecule has 2 aromatic rings. The van der Waals surface area contributed by atoms with Crippen molar-refractivity contribution in [3.05, 3.63) is 53.4 Å². The van der Waals surface area contributed by atoms with Crippen LogP contribution >= 0.6 is 11.8 Å². The van der Waals surface area contributed by atoms with Gasteiger partial charge in [0.05, 0.1) is 17.9 Å². The number of nitrogens with one attached hydrogen (secondary N) is 1. The summed E-state index contributed by atoms with van der Waals surface area (Å²) in [6.07, 6.45) is 3.78. The second-order valence-electron chi connectivity index (χ2n) is 4.89. The monoisotopic (exact) mass is 303 g/mol. The molecular formula is C15H14FN3OS. The highest BCUT2D eigenvalue weighted by Crippen LogP contribution is 2.36. The van der Waals surface area contributed by atoms with E-state index in [9.17, 15) is 9.18 Å². The summed E-state index contributed by atoms with van der Waals surface area (Å²) in [5, 5.41) is 2.92. The fourth-order valence-corrected chi connectivity index (χ4v) is 3.36. The number of thioether (sulfide) groups is 1. The minimum Gasteiger partial charge on any atom is -0.344 e. The Labute approximate surface area is 126 Å². The smallest absolute Gasteiger partial charge is 0.271 e. The van der Waals surface area contributed by atoms with Crippen LogP contribution in [-0.4, -0.2) is 21.6 Å². The van der Waals surface area contributed by atoms with E-state index in [2.05, 4.69) is 15.3 Å². The van der Waals surface area contributed by atoms with Crippen molar-refractivity contribution in [3.63, 3.8) is 0 Å². The van der Waals surface area contributed by atoms with Crippen LogP contribution in [0.5, 0.6) is 0 Å². The number of aromatic nitrogens is 2. The van der Waals surface area contributed by atoms with Gasteiger partial charge in [0, 0.05) is 16.8 Å². The van der Waals surface area contributed by atoms with E-state index in [1.54, 1.807) is 24.0 Å². The van der Waals surface area contributed by atoms with Gasteiger partial charge in [-0.25, -0.2) is 9.37 Å². The normalized spacial score (nSPS) is 17.1. The van der Waals surface area contributed by atoms with E-state index < -0.39 is 0 Å². The van der Waals surface area contributed by atoms with Gasteiger partial charge < -0.3 is 5.32 Å². The number of hydrogen-bond acceptors (Lipinski definition) is 4. The first-order valence-corrected chi connectivity index (χ1v) is 7.64. The second kappa shape index (κ2) is 5.81. The fraction of sp³-hybridized carbons (Fsp3) is 0.267. The van der Waals surface area contributed by atoms with Crippen molar-refractivity contribution in [3.8, 4) is 0 Å². The summed E-state index contributed by atoms with van der Waals surface area (Å²) >= 11 is 1.68. The average molecular weight is 303 g/mol. The molecule has 2 heterocycles. The number of benzene rings is 1. The molecule has 1 amide bonds. The largest absolute Gasteiger partial charge is 0.344 e. The first-order valence-electron chi connectivity index (χ1n) is 6.65. The third-order valence-electron chi connectivity index (χ3n) is 3.33. The van der Waals surface area contributed by atoms with Gasteiger partial charge in [-0.1, -0.05) is 0 Å². The van der Waals surface area contributed by atoms with Crippen molar-refractivity contribution in [2.45, 2.75) is 24.3 Å². The van der Waals surface area contributed by atoms with Gasteiger partial charge in [0.1, 0.15) is 11.5 Å². The maximum Gasteiger partial charge on any atom is 0.271 e. The van der Waals surface area contributed by atoms with Crippen LogP contribution in [0, 0.1) is 12.7 Å². The average Bonchev–Trinajstić information content (AvgIpc) is 2.48. The molecule has 1 N–H and O–H groups in total. The van der Waals surface area contributed by atoms with Crippen molar-refractivity contribution in [2.75, 3.05) is 5.75 Å². The number of hydrogen-bond donors (Lipinski definition) is 1. The lowest BCUT2D eigenvalue weighted by Crippen LogP contribution is -2.31. The van der Waals surface area contributed by atoms with Crippen molar-refractivity contribution in [1.82, 2.24) is 15.3 Å². The van der Waals surface area contributed by atoms with Gasteiger partial charge in [-0.3, -0.25) is 9.78 Å². The SMILES string of the molecule is Cc1cnc(C(=O)NC2CCSc3ccc(F)cc32)cn1. The summed E-state index contributed by atoms with van der Waals surface area (Å²) in [5.41, 5.74) is 1.87. The molecule has 0 saturated carbocycles. The molecule has 1 aromatic carbocycles. The Morgan fingerprint density at radius 3 is 3.00 bits per heavy atom. The minimum absolute atomic E-state index is 0.187. The molecule has 21 heavy (non-hydrogen) atoms. The lowest BCUT2D eigenvalue weighted by Gasteiger charge is -2.25. The molecule has 1 aliphatic rings. The summed E-state index contributed by atoms with van der Waals surface area (Å²) in [7, 11) is 0. The molecule has 1 aromatic heterocycles. The Morgan fingerprint density at radius 2 is 2.24 bits per heavy atom. The topological polar surface area (TPSA) is 54.9 Å². The van der Waals surface area contributed by atoms with Gasteiger partial charge in [0.15, 0.2) is 0 Å². The van der Waals surface area contributed by atoms with E-state index in [4.69, 9.17) is 0 Å². The Bertz CT molecular complexity index is 675. The molecule has 108 valence electrons. The maximum absolute atomic E-state index is 13.4. The lowest BCUT2D eigenvalue weighted by atomic mass is 10.0. The second-order valence-corrected chi connectivity index (χ2v) is 6.03. The lowest BCUT2D eigenvalue weighted by molar-refractivity contribution is 0.0929. The quantitative estimate of drug-likeness (QED) is 0.927. The molecule has 3 rings (SSSR count). The molecule has 4 nitrogen and oxygen atoms in total. The van der Waals surface area contributed by atoms with Crippen LogP contribution in [0.2, 0.25) is 0 Å². The first kappa shape index (κ1) is 14.0. The van der Waals surface area contributed by atoms with Crippen LogP contribution in [0.25, 0.3) is 0 Å². The molecular weight excluding hydrogens is 289 g/mol. The number of aryl methyl sites for hydroxylation is 1. The highest BCUT2D eigenvalue weighted by Gasteiger charge is 2.23. The number of fused-ring (bicyclic) bond motifs is 1. The summed E-state index contributed by atoms with van der Waals surface area (Å²) < 4.78 is 13.4. The zero-order valence-electron chi connectivity index (χ0n) is 11.5. The number of rotatable bonds is 2. The summed E-state index contributed by atoms with van der Waals surface area (Å²) in [6.45, 7) is 1.81. The van der Waals surface area contributed by atoms with Gasteiger partial charge in [0.2, 0.25) is 0 Å². The number of carbonyl (C=O) groups excluding carboxylic acids is 1. The van der Waals surface area contributed by atoms with Gasteiger partial charge in [-0.05, 0) is 37.1 Å². The minimum atomic E-state index is -0.286. The Kier molecular flexibility index (Phi) is 3.88. The van der Waals surface area contributed by atoms with Crippen LogP contribution < -0.4 is 5.32 Å². The van der Waals surface area contributed by atoms with E-state index in [0.717, 1.165) is 28.3 Å². The zero-order valence-corrected chi connectivity index (χ0v) is 12.3. The van der Waals surface area contributed by atoms with Crippen LogP contribution in [0.15, 0.2) is 35.5 Å². The van der Waals surface area contributed by atoms with Crippen LogP contribution in [0.4, 0.5) is 4.39 Å². The fourth-order valence-electron chi connectivity index (χ4n) is 2.26. The molecule has 1 aliphatic heterocycles. The predicted octanol–water partition coefficient (Wildman–Crippen LogP) is 2.89. The van der Waals surface area contributed by atoms with E-state index >= 15 is 0 Å². The maximum atomic E-state index is 13.4. The zero-order chi connectivity index (χ0) is 14.8. The standard InChI is InChI=1S/C15H14FN3OS/c1-9-7-18-13(8-17-9)15(20)19-12-4-5-21-14-3-2-10(16)6-11(12)14/h2-3,6-8,12H,4-5H2,1H3,(H,19,20). The highest BCUT2D eigenvalue weighted by atomic mass is 32.2. The predicted molar refractivity (Wildman–Crippen MR) is 78.7 cm³/mol. The van der Waals surface area contributed by atoms with Crippen molar-refractivity contribution in [1.29, 1.82) is 0 Å². The molecule has 0 radical (unpaired) electrons. The van der Waals surface area contributed by atoms with Crippen molar-refractivity contribution in [2.24, 2.45) is 0 Å². The molecule has 0 bridgehead atoms.